The molecule has 1 saturated heterocycles. The van der Waals surface area contributed by atoms with Gasteiger partial charge in [-0.2, -0.15) is 0 Å². The van der Waals surface area contributed by atoms with Crippen molar-refractivity contribution in [1.29, 1.82) is 0 Å². The van der Waals surface area contributed by atoms with E-state index in [4.69, 9.17) is 34.8 Å². The van der Waals surface area contributed by atoms with Crippen molar-refractivity contribution in [3.63, 3.8) is 0 Å². The van der Waals surface area contributed by atoms with Gasteiger partial charge in [0.15, 0.2) is 0 Å². The average Bonchev–Trinajstić information content (AvgIpc) is 2.94. The molecule has 24 heavy (non-hydrogen) atoms. The zero-order valence-corrected chi connectivity index (χ0v) is 14.7. The second kappa shape index (κ2) is 7.01. The molecular formula is C17H13Cl3N2O2. The number of rotatable bonds is 3. The van der Waals surface area contributed by atoms with Crippen LogP contribution in [0.5, 0.6) is 0 Å². The van der Waals surface area contributed by atoms with Gasteiger partial charge in [0.2, 0.25) is 11.8 Å². The lowest BCUT2D eigenvalue weighted by Crippen LogP contribution is -2.28. The van der Waals surface area contributed by atoms with Gasteiger partial charge in [-0.25, -0.2) is 0 Å². The molecule has 1 N–H and O–H groups in total. The highest BCUT2D eigenvalue weighted by molar-refractivity contribution is 6.44. The molecule has 124 valence electrons. The van der Waals surface area contributed by atoms with E-state index in [2.05, 4.69) is 5.32 Å². The smallest absolute Gasteiger partial charge is 0.229 e. The largest absolute Gasteiger partial charge is 0.324 e. The molecule has 0 radical (unpaired) electrons. The average molecular weight is 384 g/mol. The molecule has 1 heterocycles. The van der Waals surface area contributed by atoms with Gasteiger partial charge in [-0.15, -0.1) is 0 Å². The molecule has 2 aromatic carbocycles. The topological polar surface area (TPSA) is 49.4 Å². The quantitative estimate of drug-likeness (QED) is 0.839. The van der Waals surface area contributed by atoms with E-state index in [1.807, 2.05) is 0 Å². The summed E-state index contributed by atoms with van der Waals surface area (Å²) >= 11 is 18.0. The maximum Gasteiger partial charge on any atom is 0.229 e. The molecule has 0 unspecified atom stereocenters. The van der Waals surface area contributed by atoms with E-state index in [0.717, 1.165) is 0 Å². The number of nitrogens with zero attached hydrogens (tertiary/aromatic N) is 1. The second-order valence-corrected chi connectivity index (χ2v) is 6.70. The Bertz CT molecular complexity index is 810. The van der Waals surface area contributed by atoms with Gasteiger partial charge in [-0.05, 0) is 30.3 Å². The Morgan fingerprint density at radius 1 is 1.12 bits per heavy atom. The molecule has 0 bridgehead atoms. The molecule has 3 rings (SSSR count). The van der Waals surface area contributed by atoms with Gasteiger partial charge < -0.3 is 10.2 Å². The normalized spacial score (nSPS) is 17.2. The molecule has 1 aliphatic rings. The molecule has 0 aliphatic carbocycles. The fourth-order valence-electron chi connectivity index (χ4n) is 2.61. The van der Waals surface area contributed by atoms with Gasteiger partial charge >= 0.3 is 0 Å². The molecule has 0 saturated carbocycles. The Balaban J connectivity index is 1.73. The third-order valence-electron chi connectivity index (χ3n) is 3.83. The van der Waals surface area contributed by atoms with Gasteiger partial charge in [0.05, 0.1) is 21.7 Å². The number of amides is 2. The van der Waals surface area contributed by atoms with Crippen molar-refractivity contribution in [2.75, 3.05) is 16.8 Å². The summed E-state index contributed by atoms with van der Waals surface area (Å²) in [7, 11) is 0. The van der Waals surface area contributed by atoms with Crippen molar-refractivity contribution in [3.05, 3.63) is 57.5 Å². The lowest BCUT2D eigenvalue weighted by atomic mass is 10.1. The zero-order valence-electron chi connectivity index (χ0n) is 12.4. The van der Waals surface area contributed by atoms with Crippen molar-refractivity contribution < 1.29 is 9.59 Å². The van der Waals surface area contributed by atoms with E-state index in [1.165, 1.54) is 0 Å². The third kappa shape index (κ3) is 3.51. The first-order valence-electron chi connectivity index (χ1n) is 7.26. The summed E-state index contributed by atoms with van der Waals surface area (Å²) in [4.78, 5) is 26.2. The standard InChI is InChI=1S/C17H13Cl3N2O2/c18-11-3-1-4-12(8-11)22-9-10(7-15(22)23)17(24)21-14-6-2-5-13(19)16(14)20/h1-6,8,10H,7,9H2,(H,21,24)/t10-/m1/s1. The molecule has 1 aliphatic heterocycles. The first-order valence-corrected chi connectivity index (χ1v) is 8.40. The number of hydrogen-bond donors (Lipinski definition) is 1. The van der Waals surface area contributed by atoms with Crippen molar-refractivity contribution in [1.82, 2.24) is 0 Å². The number of hydrogen-bond acceptors (Lipinski definition) is 2. The van der Waals surface area contributed by atoms with Crippen LogP contribution in [0.15, 0.2) is 42.5 Å². The Hall–Kier alpha value is -1.75. The van der Waals surface area contributed by atoms with Gasteiger partial charge in [-0.1, -0.05) is 46.9 Å². The van der Waals surface area contributed by atoms with Gasteiger partial charge in [0.25, 0.3) is 0 Å². The van der Waals surface area contributed by atoms with Crippen molar-refractivity contribution in [2.45, 2.75) is 6.42 Å². The molecule has 1 fully saturated rings. The molecule has 0 spiro atoms. The van der Waals surface area contributed by atoms with Crippen molar-refractivity contribution in [3.8, 4) is 0 Å². The minimum atomic E-state index is -0.466. The van der Waals surface area contributed by atoms with Crippen LogP contribution < -0.4 is 10.2 Å². The van der Waals surface area contributed by atoms with Crippen LogP contribution in [0.3, 0.4) is 0 Å². The van der Waals surface area contributed by atoms with E-state index in [9.17, 15) is 9.59 Å². The first kappa shape index (κ1) is 17.1. The maximum absolute atomic E-state index is 12.4. The van der Waals surface area contributed by atoms with Crippen LogP contribution in [-0.4, -0.2) is 18.4 Å². The number of halogens is 3. The van der Waals surface area contributed by atoms with E-state index in [1.54, 1.807) is 47.4 Å². The fraction of sp³-hybridized carbons (Fsp3) is 0.176. The van der Waals surface area contributed by atoms with Crippen LogP contribution in [0, 0.1) is 5.92 Å². The van der Waals surface area contributed by atoms with Crippen LogP contribution in [0.4, 0.5) is 11.4 Å². The predicted octanol–water partition coefficient (Wildman–Crippen LogP) is 4.64. The Morgan fingerprint density at radius 2 is 1.88 bits per heavy atom. The summed E-state index contributed by atoms with van der Waals surface area (Å²) in [6.45, 7) is 0.295. The molecule has 1 atom stereocenters. The van der Waals surface area contributed by atoms with Crippen LogP contribution >= 0.6 is 34.8 Å². The number of carbonyl (C=O) groups excluding carboxylic acids is 2. The van der Waals surface area contributed by atoms with Crippen molar-refractivity contribution in [2.24, 2.45) is 5.92 Å². The monoisotopic (exact) mass is 382 g/mol. The lowest BCUT2D eigenvalue weighted by Gasteiger charge is -2.17. The summed E-state index contributed by atoms with van der Waals surface area (Å²) in [5.41, 5.74) is 1.12. The lowest BCUT2D eigenvalue weighted by molar-refractivity contribution is -0.122. The molecule has 4 nitrogen and oxygen atoms in total. The second-order valence-electron chi connectivity index (χ2n) is 5.48. The van der Waals surface area contributed by atoms with E-state index in [0.29, 0.717) is 28.0 Å². The van der Waals surface area contributed by atoms with Crippen LogP contribution in [0.1, 0.15) is 6.42 Å². The number of benzene rings is 2. The van der Waals surface area contributed by atoms with E-state index >= 15 is 0 Å². The maximum atomic E-state index is 12.4. The van der Waals surface area contributed by atoms with Gasteiger partial charge in [-0.3, -0.25) is 9.59 Å². The molecule has 0 aromatic heterocycles. The SMILES string of the molecule is O=C(Nc1cccc(Cl)c1Cl)[C@@H]1CC(=O)N(c2cccc(Cl)c2)C1. The first-order chi connectivity index (χ1) is 11.5. The molecule has 2 amide bonds. The highest BCUT2D eigenvalue weighted by atomic mass is 35.5. The summed E-state index contributed by atoms with van der Waals surface area (Å²) < 4.78 is 0. The third-order valence-corrected chi connectivity index (χ3v) is 4.88. The summed E-state index contributed by atoms with van der Waals surface area (Å²) in [5, 5.41) is 3.92. The van der Waals surface area contributed by atoms with Crippen LogP contribution in [-0.2, 0) is 9.59 Å². The van der Waals surface area contributed by atoms with Gasteiger partial charge in [0, 0.05) is 23.7 Å². The number of carbonyl (C=O) groups is 2. The molecule has 7 heteroatoms. The molecular weight excluding hydrogens is 371 g/mol. The Labute approximate surface area is 154 Å². The van der Waals surface area contributed by atoms with Crippen LogP contribution in [0.25, 0.3) is 0 Å². The Kier molecular flexibility index (Phi) is 4.99. The summed E-state index contributed by atoms with van der Waals surface area (Å²) in [6, 6.07) is 12.0. The number of anilines is 2. The summed E-state index contributed by atoms with van der Waals surface area (Å²) in [6.07, 6.45) is 0.135. The predicted molar refractivity (Wildman–Crippen MR) is 97.0 cm³/mol. The highest BCUT2D eigenvalue weighted by Gasteiger charge is 2.35. The van der Waals surface area contributed by atoms with Crippen molar-refractivity contribution >= 4 is 58.0 Å². The van der Waals surface area contributed by atoms with E-state index in [-0.39, 0.29) is 23.3 Å². The number of nitrogens with one attached hydrogen (secondary N) is 1. The highest BCUT2D eigenvalue weighted by Crippen LogP contribution is 2.31. The fourth-order valence-corrected chi connectivity index (χ4v) is 3.14. The Morgan fingerprint density at radius 3 is 2.62 bits per heavy atom. The van der Waals surface area contributed by atoms with Gasteiger partial charge in [0.1, 0.15) is 0 Å². The molecule has 2 aromatic rings. The van der Waals surface area contributed by atoms with Crippen LogP contribution in [0.2, 0.25) is 15.1 Å². The van der Waals surface area contributed by atoms with E-state index < -0.39 is 5.92 Å². The minimum absolute atomic E-state index is 0.116. The summed E-state index contributed by atoms with van der Waals surface area (Å²) in [5.74, 6) is -0.849. The zero-order chi connectivity index (χ0) is 17.3. The minimum Gasteiger partial charge on any atom is -0.324 e.